The van der Waals surface area contributed by atoms with Gasteiger partial charge in [-0.2, -0.15) is 5.10 Å². The lowest BCUT2D eigenvalue weighted by Gasteiger charge is -2.13. The minimum atomic E-state index is -0.472. The number of pyridine rings is 1. The highest BCUT2D eigenvalue weighted by atomic mass is 35.5. The van der Waals surface area contributed by atoms with Crippen LogP contribution < -0.4 is 5.32 Å². The van der Waals surface area contributed by atoms with Crippen molar-refractivity contribution in [3.8, 4) is 5.82 Å². The molecule has 2 aromatic rings. The van der Waals surface area contributed by atoms with Crippen molar-refractivity contribution in [2.75, 3.05) is 5.32 Å². The highest BCUT2D eigenvalue weighted by molar-refractivity contribution is 6.29. The van der Waals surface area contributed by atoms with Crippen molar-refractivity contribution in [3.05, 3.63) is 38.8 Å². The summed E-state index contributed by atoms with van der Waals surface area (Å²) < 4.78 is 1.44. The normalized spacial score (nSPS) is 11.0. The molecule has 8 heteroatoms. The van der Waals surface area contributed by atoms with E-state index in [-0.39, 0.29) is 22.7 Å². The fourth-order valence-corrected chi connectivity index (χ4v) is 2.28. The predicted octanol–water partition coefficient (Wildman–Crippen LogP) is 3.27. The molecular weight excluding hydrogens is 294 g/mol. The van der Waals surface area contributed by atoms with Gasteiger partial charge in [-0.25, -0.2) is 9.67 Å². The van der Waals surface area contributed by atoms with Crippen molar-refractivity contribution >= 4 is 23.0 Å². The van der Waals surface area contributed by atoms with Gasteiger partial charge in [0, 0.05) is 17.8 Å². The average molecular weight is 310 g/mol. The fourth-order valence-electron chi connectivity index (χ4n) is 2.09. The minimum absolute atomic E-state index is 0.0236. The lowest BCUT2D eigenvalue weighted by atomic mass is 10.2. The molecule has 0 aliphatic carbocycles. The van der Waals surface area contributed by atoms with Gasteiger partial charge < -0.3 is 5.32 Å². The van der Waals surface area contributed by atoms with E-state index >= 15 is 0 Å². The molecule has 2 aromatic heterocycles. The number of nitrogens with zero attached hydrogens (tertiary/aromatic N) is 4. The summed E-state index contributed by atoms with van der Waals surface area (Å²) in [4.78, 5) is 15.1. The molecule has 2 rings (SSSR count). The first-order valence-electron chi connectivity index (χ1n) is 6.44. The highest BCUT2D eigenvalue weighted by Gasteiger charge is 2.26. The molecule has 0 atom stereocenters. The second-order valence-corrected chi connectivity index (χ2v) is 5.45. The molecule has 0 aliphatic rings. The molecule has 0 saturated carbocycles. The van der Waals surface area contributed by atoms with E-state index in [2.05, 4.69) is 15.4 Å². The number of halogens is 1. The Morgan fingerprint density at radius 2 is 2.05 bits per heavy atom. The van der Waals surface area contributed by atoms with Crippen LogP contribution in [0.1, 0.15) is 25.2 Å². The molecule has 0 amide bonds. The van der Waals surface area contributed by atoms with Crippen molar-refractivity contribution in [3.63, 3.8) is 0 Å². The average Bonchev–Trinajstić information content (AvgIpc) is 2.66. The Labute approximate surface area is 127 Å². The Balaban J connectivity index is 2.72. The summed E-state index contributed by atoms with van der Waals surface area (Å²) in [7, 11) is 0. The van der Waals surface area contributed by atoms with Crippen LogP contribution in [0.4, 0.5) is 11.4 Å². The molecule has 21 heavy (non-hydrogen) atoms. The molecule has 0 unspecified atom stereocenters. The van der Waals surface area contributed by atoms with Crippen molar-refractivity contribution in [2.45, 2.75) is 33.7 Å². The molecule has 7 nitrogen and oxygen atoms in total. The van der Waals surface area contributed by atoms with E-state index in [9.17, 15) is 10.1 Å². The molecule has 0 saturated heterocycles. The molecule has 0 aromatic carbocycles. The standard InChI is InChI=1S/C13H16ClN5O2/c1-7(2)15-10-6-11(14)16-13(12(10)19(20)21)18-9(4)5-8(3)17-18/h5-7H,1-4H3,(H,15,16). The van der Waals surface area contributed by atoms with Gasteiger partial charge in [0.25, 0.3) is 0 Å². The summed E-state index contributed by atoms with van der Waals surface area (Å²) in [6.07, 6.45) is 0. The molecule has 112 valence electrons. The summed E-state index contributed by atoms with van der Waals surface area (Å²) in [6.45, 7) is 7.40. The van der Waals surface area contributed by atoms with Crippen molar-refractivity contribution in [2.24, 2.45) is 0 Å². The van der Waals surface area contributed by atoms with Gasteiger partial charge in [-0.05, 0) is 33.8 Å². The van der Waals surface area contributed by atoms with E-state index < -0.39 is 4.92 Å². The van der Waals surface area contributed by atoms with Crippen LogP contribution in [0.5, 0.6) is 0 Å². The highest BCUT2D eigenvalue weighted by Crippen LogP contribution is 2.33. The maximum absolute atomic E-state index is 11.5. The van der Waals surface area contributed by atoms with Gasteiger partial charge in [0.05, 0.1) is 10.6 Å². The molecule has 0 bridgehead atoms. The van der Waals surface area contributed by atoms with Gasteiger partial charge >= 0.3 is 5.69 Å². The maximum Gasteiger partial charge on any atom is 0.336 e. The number of hydrogen-bond acceptors (Lipinski definition) is 5. The quantitative estimate of drug-likeness (QED) is 0.532. The van der Waals surface area contributed by atoms with E-state index in [1.165, 1.54) is 10.7 Å². The Morgan fingerprint density at radius 1 is 1.38 bits per heavy atom. The van der Waals surface area contributed by atoms with Crippen LogP contribution in [0.3, 0.4) is 0 Å². The van der Waals surface area contributed by atoms with E-state index in [0.717, 1.165) is 11.4 Å². The van der Waals surface area contributed by atoms with Gasteiger partial charge in [0.15, 0.2) is 0 Å². The smallest absolute Gasteiger partial charge is 0.336 e. The van der Waals surface area contributed by atoms with Crippen molar-refractivity contribution in [1.82, 2.24) is 14.8 Å². The third-order valence-corrected chi connectivity index (χ3v) is 2.97. The summed E-state index contributed by atoms with van der Waals surface area (Å²) in [5, 5.41) is 18.9. The molecular formula is C13H16ClN5O2. The Hall–Kier alpha value is -2.15. The molecule has 0 aliphatic heterocycles. The van der Waals surface area contributed by atoms with Crippen LogP contribution in [0, 0.1) is 24.0 Å². The Bertz CT molecular complexity index is 696. The van der Waals surface area contributed by atoms with Gasteiger partial charge in [0.2, 0.25) is 5.82 Å². The fraction of sp³-hybridized carbons (Fsp3) is 0.385. The van der Waals surface area contributed by atoms with Crippen LogP contribution >= 0.6 is 11.6 Å². The van der Waals surface area contributed by atoms with Crippen molar-refractivity contribution < 1.29 is 4.92 Å². The molecule has 0 fully saturated rings. The second kappa shape index (κ2) is 5.69. The largest absolute Gasteiger partial charge is 0.377 e. The maximum atomic E-state index is 11.5. The third-order valence-electron chi connectivity index (χ3n) is 2.78. The number of hydrogen-bond donors (Lipinski definition) is 1. The van der Waals surface area contributed by atoms with E-state index in [0.29, 0.717) is 5.69 Å². The summed E-state index contributed by atoms with van der Waals surface area (Å²) in [5.74, 6) is 0.112. The Morgan fingerprint density at radius 3 is 2.52 bits per heavy atom. The monoisotopic (exact) mass is 309 g/mol. The number of nitro groups is 1. The van der Waals surface area contributed by atoms with Gasteiger partial charge in [-0.15, -0.1) is 0 Å². The van der Waals surface area contributed by atoms with E-state index in [1.807, 2.05) is 33.8 Å². The van der Waals surface area contributed by atoms with Crippen LogP contribution in [0.25, 0.3) is 5.82 Å². The van der Waals surface area contributed by atoms with Gasteiger partial charge in [-0.1, -0.05) is 11.6 Å². The van der Waals surface area contributed by atoms with Crippen LogP contribution in [-0.2, 0) is 0 Å². The predicted molar refractivity (Wildman–Crippen MR) is 81.3 cm³/mol. The van der Waals surface area contributed by atoms with Crippen LogP contribution in [0.2, 0.25) is 5.15 Å². The molecule has 0 radical (unpaired) electrons. The topological polar surface area (TPSA) is 85.9 Å². The van der Waals surface area contributed by atoms with E-state index in [4.69, 9.17) is 11.6 Å². The zero-order chi connectivity index (χ0) is 15.7. The number of aryl methyl sites for hydroxylation is 2. The first-order valence-corrected chi connectivity index (χ1v) is 6.82. The number of aromatic nitrogens is 3. The zero-order valence-corrected chi connectivity index (χ0v) is 13.0. The molecule has 0 spiro atoms. The molecule has 2 heterocycles. The first kappa shape index (κ1) is 15.2. The van der Waals surface area contributed by atoms with Gasteiger partial charge in [-0.3, -0.25) is 10.1 Å². The van der Waals surface area contributed by atoms with Crippen LogP contribution in [-0.4, -0.2) is 25.7 Å². The third kappa shape index (κ3) is 3.13. The minimum Gasteiger partial charge on any atom is -0.377 e. The van der Waals surface area contributed by atoms with E-state index in [1.54, 1.807) is 0 Å². The summed E-state index contributed by atoms with van der Waals surface area (Å²) in [6, 6.07) is 3.30. The zero-order valence-electron chi connectivity index (χ0n) is 12.2. The van der Waals surface area contributed by atoms with Crippen LogP contribution in [0.15, 0.2) is 12.1 Å². The number of anilines is 1. The van der Waals surface area contributed by atoms with Crippen molar-refractivity contribution in [1.29, 1.82) is 0 Å². The number of nitrogens with one attached hydrogen (secondary N) is 1. The Kier molecular flexibility index (Phi) is 4.13. The summed E-state index contributed by atoms with van der Waals surface area (Å²) >= 11 is 6.00. The lowest BCUT2D eigenvalue weighted by Crippen LogP contribution is -2.14. The van der Waals surface area contributed by atoms with Gasteiger partial charge in [0.1, 0.15) is 10.8 Å². The molecule has 1 N–H and O–H groups in total. The lowest BCUT2D eigenvalue weighted by molar-refractivity contribution is -0.384. The SMILES string of the molecule is Cc1cc(C)n(-c2nc(Cl)cc(NC(C)C)c2[N+](=O)[O-])n1. The second-order valence-electron chi connectivity index (χ2n) is 5.06. The summed E-state index contributed by atoms with van der Waals surface area (Å²) in [5.41, 5.74) is 1.69. The first-order chi connectivity index (χ1) is 9.79. The number of rotatable bonds is 4.